The fourth-order valence-corrected chi connectivity index (χ4v) is 5.70. The first-order valence-electron chi connectivity index (χ1n) is 11.7. The molecule has 3 rings (SSSR count). The molecular weight excluding hydrogens is 482 g/mol. The van der Waals surface area contributed by atoms with Gasteiger partial charge in [-0.1, -0.05) is 26.0 Å². The summed E-state index contributed by atoms with van der Waals surface area (Å²) in [6, 6.07) is 12.7. The van der Waals surface area contributed by atoms with E-state index in [2.05, 4.69) is 20.4 Å². The van der Waals surface area contributed by atoms with Gasteiger partial charge in [-0.05, 0) is 62.3 Å². The number of benzene rings is 2. The summed E-state index contributed by atoms with van der Waals surface area (Å²) < 4.78 is 35.6. The molecule has 0 aliphatic rings. The lowest BCUT2D eigenvalue weighted by Crippen LogP contribution is -2.32. The van der Waals surface area contributed by atoms with E-state index in [9.17, 15) is 8.42 Å². The van der Waals surface area contributed by atoms with Gasteiger partial charge in [-0.2, -0.15) is 9.41 Å². The molecule has 188 valence electrons. The van der Waals surface area contributed by atoms with E-state index in [0.29, 0.717) is 24.0 Å². The molecule has 35 heavy (non-hydrogen) atoms. The van der Waals surface area contributed by atoms with E-state index < -0.39 is 10.0 Å². The normalized spacial score (nSPS) is 11.9. The van der Waals surface area contributed by atoms with E-state index >= 15 is 0 Å². The predicted octanol–water partition coefficient (Wildman–Crippen LogP) is 4.80. The average Bonchev–Trinajstić information content (AvgIpc) is 3.21. The highest BCUT2D eigenvalue weighted by atomic mass is 32.2. The van der Waals surface area contributed by atoms with Gasteiger partial charge in [0.1, 0.15) is 5.75 Å². The van der Waals surface area contributed by atoms with E-state index in [-0.39, 0.29) is 4.90 Å². The first-order chi connectivity index (χ1) is 16.8. The maximum atomic E-state index is 13.3. The van der Waals surface area contributed by atoms with Crippen molar-refractivity contribution < 1.29 is 13.2 Å². The van der Waals surface area contributed by atoms with Crippen molar-refractivity contribution in [3.05, 3.63) is 54.2 Å². The second-order valence-electron chi connectivity index (χ2n) is 7.98. The summed E-state index contributed by atoms with van der Waals surface area (Å²) in [4.78, 5) is 0.289. The Balaban J connectivity index is 1.86. The van der Waals surface area contributed by atoms with Crippen LogP contribution in [0.15, 0.2) is 58.7 Å². The number of ether oxygens (including phenoxy) is 1. The fourth-order valence-electron chi connectivity index (χ4n) is 3.89. The van der Waals surface area contributed by atoms with Crippen molar-refractivity contribution in [3.63, 3.8) is 0 Å². The summed E-state index contributed by atoms with van der Waals surface area (Å²) in [7, 11) is -1.99. The van der Waals surface area contributed by atoms with Gasteiger partial charge < -0.3 is 14.6 Å². The van der Waals surface area contributed by atoms with Crippen LogP contribution < -0.4 is 15.5 Å². The number of aromatic nitrogens is 1. The van der Waals surface area contributed by atoms with Crippen LogP contribution >= 0.6 is 12.2 Å². The van der Waals surface area contributed by atoms with Crippen LogP contribution in [0.25, 0.3) is 10.9 Å². The summed E-state index contributed by atoms with van der Waals surface area (Å²) >= 11 is 5.35. The Morgan fingerprint density at radius 2 is 1.86 bits per heavy atom. The zero-order chi connectivity index (χ0) is 25.4. The molecule has 0 saturated heterocycles. The summed E-state index contributed by atoms with van der Waals surface area (Å²) in [5, 5.41) is 8.47. The molecule has 0 atom stereocenters. The van der Waals surface area contributed by atoms with E-state index in [1.807, 2.05) is 57.3 Å². The molecule has 1 aromatic heterocycles. The maximum Gasteiger partial charge on any atom is 0.243 e. The monoisotopic (exact) mass is 515 g/mol. The van der Waals surface area contributed by atoms with Gasteiger partial charge in [-0.3, -0.25) is 5.43 Å². The van der Waals surface area contributed by atoms with Crippen molar-refractivity contribution in [2.75, 3.05) is 25.5 Å². The number of hydrogen-bond donors (Lipinski definition) is 2. The van der Waals surface area contributed by atoms with Crippen molar-refractivity contribution in [2.45, 2.75) is 45.1 Å². The quantitative estimate of drug-likeness (QED) is 0.217. The number of nitrogens with zero attached hydrogens (tertiary/aromatic N) is 3. The highest BCUT2D eigenvalue weighted by Crippen LogP contribution is 2.26. The molecule has 8 nitrogen and oxygen atoms in total. The molecular formula is C25H33N5O3S2. The third kappa shape index (κ3) is 6.19. The van der Waals surface area contributed by atoms with Crippen LogP contribution in [0.5, 0.6) is 5.75 Å². The molecule has 0 aliphatic carbocycles. The van der Waals surface area contributed by atoms with Gasteiger partial charge in [0, 0.05) is 42.3 Å². The van der Waals surface area contributed by atoms with Gasteiger partial charge >= 0.3 is 0 Å². The molecule has 10 heteroatoms. The molecule has 0 bridgehead atoms. The number of anilines is 1. The zero-order valence-electron chi connectivity index (χ0n) is 20.6. The number of aryl methyl sites for hydroxylation is 1. The third-order valence-electron chi connectivity index (χ3n) is 5.53. The number of rotatable bonds is 11. The highest BCUT2D eigenvalue weighted by Gasteiger charge is 2.24. The van der Waals surface area contributed by atoms with Gasteiger partial charge in [0.05, 0.1) is 23.9 Å². The minimum Gasteiger partial charge on any atom is -0.495 e. The smallest absolute Gasteiger partial charge is 0.243 e. The van der Waals surface area contributed by atoms with Gasteiger partial charge in [-0.25, -0.2) is 8.42 Å². The molecule has 2 N–H and O–H groups in total. The lowest BCUT2D eigenvalue weighted by molar-refractivity contribution is 0.410. The van der Waals surface area contributed by atoms with Gasteiger partial charge in [-0.15, -0.1) is 0 Å². The lowest BCUT2D eigenvalue weighted by Gasteiger charge is -2.21. The first kappa shape index (κ1) is 26.7. The summed E-state index contributed by atoms with van der Waals surface area (Å²) in [5.41, 5.74) is 5.28. The average molecular weight is 516 g/mol. The number of hydrogen-bond acceptors (Lipinski definition) is 5. The minimum absolute atomic E-state index is 0.289. The van der Waals surface area contributed by atoms with Gasteiger partial charge in [0.15, 0.2) is 5.11 Å². The third-order valence-corrected chi connectivity index (χ3v) is 7.62. The first-order valence-corrected chi connectivity index (χ1v) is 13.6. The van der Waals surface area contributed by atoms with Gasteiger partial charge in [0.25, 0.3) is 0 Å². The molecule has 2 aromatic carbocycles. The van der Waals surface area contributed by atoms with Crippen LogP contribution in [0.3, 0.4) is 0 Å². The van der Waals surface area contributed by atoms with E-state index in [4.69, 9.17) is 17.0 Å². The zero-order valence-corrected chi connectivity index (χ0v) is 22.2. The molecule has 3 aromatic rings. The Bertz CT molecular complexity index is 1300. The summed E-state index contributed by atoms with van der Waals surface area (Å²) in [6.07, 6.45) is 5.13. The highest BCUT2D eigenvalue weighted by molar-refractivity contribution is 7.89. The largest absolute Gasteiger partial charge is 0.495 e. The van der Waals surface area contributed by atoms with Crippen molar-refractivity contribution in [3.8, 4) is 5.75 Å². The van der Waals surface area contributed by atoms with Crippen molar-refractivity contribution in [1.29, 1.82) is 0 Å². The van der Waals surface area contributed by atoms with E-state index in [0.717, 1.165) is 41.5 Å². The second kappa shape index (κ2) is 12.1. The summed E-state index contributed by atoms with van der Waals surface area (Å²) in [5.74, 6) is 0.667. The van der Waals surface area contributed by atoms with Crippen LogP contribution in [0, 0.1) is 0 Å². The predicted molar refractivity (Wildman–Crippen MR) is 147 cm³/mol. The maximum absolute atomic E-state index is 13.3. The van der Waals surface area contributed by atoms with Crippen molar-refractivity contribution in [1.82, 2.24) is 14.3 Å². The van der Waals surface area contributed by atoms with Crippen LogP contribution in [0.4, 0.5) is 5.69 Å². The SMILES string of the molecule is CCCN(CCC)S(=O)(=O)c1ccc2c(c1)c(/C=N/NC(=S)Nc1ccccc1OC)cn2CC. The lowest BCUT2D eigenvalue weighted by atomic mass is 10.2. The Kier molecular flexibility index (Phi) is 9.25. The number of thiocarbonyl (C=S) groups is 1. The Hall–Kier alpha value is -2.95. The van der Waals surface area contributed by atoms with Crippen molar-refractivity contribution >= 4 is 50.2 Å². The number of para-hydroxylation sites is 2. The molecule has 1 heterocycles. The molecule has 0 amide bonds. The number of sulfonamides is 1. The van der Waals surface area contributed by atoms with Crippen LogP contribution in [-0.4, -0.2) is 48.8 Å². The van der Waals surface area contributed by atoms with Gasteiger partial charge in [0.2, 0.25) is 10.0 Å². The Morgan fingerprint density at radius 1 is 1.14 bits per heavy atom. The number of methoxy groups -OCH3 is 1. The molecule has 0 radical (unpaired) electrons. The second-order valence-corrected chi connectivity index (χ2v) is 10.3. The topological polar surface area (TPSA) is 88.0 Å². The number of nitrogens with one attached hydrogen (secondary N) is 2. The summed E-state index contributed by atoms with van der Waals surface area (Å²) in [6.45, 7) is 7.75. The standard InChI is InChI=1S/C25H33N5O3S2/c1-5-14-30(15-6-2)35(31,32)20-12-13-23-21(16-20)19(18-29(23)7-3)17-26-28-25(34)27-22-10-8-9-11-24(22)33-4/h8-13,16-18H,5-7,14-15H2,1-4H3,(H2,27,28,34)/b26-17+. The fraction of sp³-hybridized carbons (Fsp3) is 0.360. The molecule has 0 fully saturated rings. The molecule has 0 saturated carbocycles. The minimum atomic E-state index is -3.58. The van der Waals surface area contributed by atoms with E-state index in [1.54, 1.807) is 29.8 Å². The Morgan fingerprint density at radius 3 is 2.51 bits per heavy atom. The number of hydrazone groups is 1. The van der Waals surface area contributed by atoms with E-state index in [1.165, 1.54) is 0 Å². The van der Waals surface area contributed by atoms with Crippen LogP contribution in [-0.2, 0) is 16.6 Å². The van der Waals surface area contributed by atoms with Crippen LogP contribution in [0.2, 0.25) is 0 Å². The van der Waals surface area contributed by atoms with Crippen LogP contribution in [0.1, 0.15) is 39.2 Å². The molecule has 0 aliphatic heterocycles. The molecule has 0 unspecified atom stereocenters. The molecule has 0 spiro atoms. The number of fused-ring (bicyclic) bond motifs is 1. The Labute approximate surface area is 213 Å². The van der Waals surface area contributed by atoms with Crippen molar-refractivity contribution in [2.24, 2.45) is 5.10 Å².